The second kappa shape index (κ2) is 7.51. The standard InChI is InChI=1S/C17H34N2S/c1-6-13(4)16-11-19(17(10-18-16)12(2)3)14-7-8-15(9-14)20-5/h12-18H,6-11H2,1-5H3. The molecule has 0 radical (unpaired) electrons. The molecule has 1 heterocycles. The normalized spacial score (nSPS) is 37.5. The highest BCUT2D eigenvalue weighted by Gasteiger charge is 2.38. The topological polar surface area (TPSA) is 15.3 Å². The molecule has 1 saturated carbocycles. The molecule has 2 nitrogen and oxygen atoms in total. The summed E-state index contributed by atoms with van der Waals surface area (Å²) >= 11 is 2.08. The minimum absolute atomic E-state index is 0.698. The molecule has 0 spiro atoms. The first-order chi connectivity index (χ1) is 9.56. The van der Waals surface area contributed by atoms with Gasteiger partial charge in [0.05, 0.1) is 0 Å². The number of hydrogen-bond acceptors (Lipinski definition) is 3. The molecule has 1 N–H and O–H groups in total. The Morgan fingerprint density at radius 1 is 1.25 bits per heavy atom. The zero-order chi connectivity index (χ0) is 14.7. The van der Waals surface area contributed by atoms with Crippen LogP contribution in [0.3, 0.4) is 0 Å². The molecule has 0 aromatic carbocycles. The predicted molar refractivity (Wildman–Crippen MR) is 91.5 cm³/mol. The third kappa shape index (κ3) is 3.72. The number of hydrogen-bond donors (Lipinski definition) is 1. The first-order valence-corrected chi connectivity index (χ1v) is 9.87. The molecular weight excluding hydrogens is 264 g/mol. The number of rotatable bonds is 5. The van der Waals surface area contributed by atoms with Crippen LogP contribution in [0.2, 0.25) is 0 Å². The van der Waals surface area contributed by atoms with E-state index in [0.717, 1.165) is 29.2 Å². The average molecular weight is 299 g/mol. The minimum atomic E-state index is 0.698. The Morgan fingerprint density at radius 3 is 2.55 bits per heavy atom. The predicted octanol–water partition coefficient (Wildman–Crippen LogP) is 3.62. The number of piperazine rings is 1. The molecule has 2 fully saturated rings. The van der Waals surface area contributed by atoms with Gasteiger partial charge in [0.15, 0.2) is 0 Å². The van der Waals surface area contributed by atoms with Crippen molar-refractivity contribution in [2.75, 3.05) is 19.3 Å². The molecule has 118 valence electrons. The van der Waals surface area contributed by atoms with Gasteiger partial charge in [-0.15, -0.1) is 0 Å². The van der Waals surface area contributed by atoms with Crippen LogP contribution in [0.25, 0.3) is 0 Å². The Balaban J connectivity index is 2.03. The summed E-state index contributed by atoms with van der Waals surface area (Å²) in [6.45, 7) is 12.0. The quantitative estimate of drug-likeness (QED) is 0.834. The zero-order valence-corrected chi connectivity index (χ0v) is 14.9. The number of thioether (sulfide) groups is 1. The third-order valence-corrected chi connectivity index (χ3v) is 6.78. The van der Waals surface area contributed by atoms with Crippen molar-refractivity contribution >= 4 is 11.8 Å². The van der Waals surface area contributed by atoms with E-state index in [9.17, 15) is 0 Å². The van der Waals surface area contributed by atoms with E-state index in [1.54, 1.807) is 0 Å². The maximum atomic E-state index is 3.83. The lowest BCUT2D eigenvalue weighted by molar-refractivity contribution is 0.0453. The number of nitrogens with zero attached hydrogens (tertiary/aromatic N) is 1. The van der Waals surface area contributed by atoms with Gasteiger partial charge in [0.1, 0.15) is 0 Å². The summed E-state index contributed by atoms with van der Waals surface area (Å²) in [4.78, 5) is 2.88. The largest absolute Gasteiger partial charge is 0.311 e. The van der Waals surface area contributed by atoms with Crippen molar-refractivity contribution in [3.63, 3.8) is 0 Å². The van der Waals surface area contributed by atoms with Crippen LogP contribution in [0.15, 0.2) is 0 Å². The van der Waals surface area contributed by atoms with E-state index in [4.69, 9.17) is 0 Å². The zero-order valence-electron chi connectivity index (χ0n) is 14.1. The smallest absolute Gasteiger partial charge is 0.0247 e. The molecule has 5 unspecified atom stereocenters. The fraction of sp³-hybridized carbons (Fsp3) is 1.00. The van der Waals surface area contributed by atoms with Gasteiger partial charge in [0.2, 0.25) is 0 Å². The SMILES string of the molecule is CCC(C)C1CN(C2CCC(SC)C2)C(C(C)C)CN1. The summed E-state index contributed by atoms with van der Waals surface area (Å²) in [5.74, 6) is 1.55. The highest BCUT2D eigenvalue weighted by molar-refractivity contribution is 7.99. The molecule has 2 rings (SSSR count). The van der Waals surface area contributed by atoms with Crippen LogP contribution in [0.1, 0.15) is 53.4 Å². The van der Waals surface area contributed by atoms with E-state index in [0.29, 0.717) is 6.04 Å². The van der Waals surface area contributed by atoms with Gasteiger partial charge in [0, 0.05) is 36.5 Å². The molecule has 0 aromatic heterocycles. The van der Waals surface area contributed by atoms with E-state index in [1.807, 2.05) is 0 Å². The monoisotopic (exact) mass is 298 g/mol. The summed E-state index contributed by atoms with van der Waals surface area (Å²) in [6.07, 6.45) is 7.83. The molecule has 0 bridgehead atoms. The van der Waals surface area contributed by atoms with Gasteiger partial charge in [-0.05, 0) is 37.4 Å². The Morgan fingerprint density at radius 2 is 2.00 bits per heavy atom. The van der Waals surface area contributed by atoms with E-state index in [-0.39, 0.29) is 0 Å². The Bertz CT molecular complexity index is 295. The maximum Gasteiger partial charge on any atom is 0.0247 e. The van der Waals surface area contributed by atoms with E-state index in [2.05, 4.69) is 55.9 Å². The molecular formula is C17H34N2S. The lowest BCUT2D eigenvalue weighted by atomic mass is 9.90. The molecule has 0 amide bonds. The van der Waals surface area contributed by atoms with Crippen LogP contribution in [0.4, 0.5) is 0 Å². The molecule has 1 saturated heterocycles. The third-order valence-electron chi connectivity index (χ3n) is 5.68. The second-order valence-corrected chi connectivity index (χ2v) is 8.37. The van der Waals surface area contributed by atoms with Crippen molar-refractivity contribution in [2.24, 2.45) is 11.8 Å². The van der Waals surface area contributed by atoms with Gasteiger partial charge >= 0.3 is 0 Å². The minimum Gasteiger partial charge on any atom is -0.311 e. The van der Waals surface area contributed by atoms with Crippen LogP contribution >= 0.6 is 11.8 Å². The van der Waals surface area contributed by atoms with Gasteiger partial charge in [0.25, 0.3) is 0 Å². The Kier molecular flexibility index (Phi) is 6.25. The molecule has 20 heavy (non-hydrogen) atoms. The van der Waals surface area contributed by atoms with Crippen LogP contribution in [-0.2, 0) is 0 Å². The van der Waals surface area contributed by atoms with Crippen molar-refractivity contribution in [3.05, 3.63) is 0 Å². The van der Waals surface area contributed by atoms with Crippen LogP contribution < -0.4 is 5.32 Å². The second-order valence-electron chi connectivity index (χ2n) is 7.23. The fourth-order valence-electron chi connectivity index (χ4n) is 3.95. The van der Waals surface area contributed by atoms with Gasteiger partial charge in [-0.25, -0.2) is 0 Å². The summed E-state index contributed by atoms with van der Waals surface area (Å²) < 4.78 is 0. The lowest BCUT2D eigenvalue weighted by Crippen LogP contribution is -2.62. The molecule has 2 aliphatic rings. The summed E-state index contributed by atoms with van der Waals surface area (Å²) in [6, 6.07) is 2.28. The highest BCUT2D eigenvalue weighted by Crippen LogP contribution is 2.34. The maximum absolute atomic E-state index is 3.83. The number of nitrogens with one attached hydrogen (secondary N) is 1. The summed E-state index contributed by atoms with van der Waals surface area (Å²) in [5.41, 5.74) is 0. The molecule has 0 aromatic rings. The average Bonchev–Trinajstić information content (AvgIpc) is 2.94. The van der Waals surface area contributed by atoms with Crippen molar-refractivity contribution < 1.29 is 0 Å². The van der Waals surface area contributed by atoms with Crippen LogP contribution in [-0.4, -0.2) is 47.6 Å². The van der Waals surface area contributed by atoms with Crippen molar-refractivity contribution in [2.45, 2.75) is 76.8 Å². The Labute approximate surface area is 130 Å². The molecule has 1 aliphatic heterocycles. The summed E-state index contributed by atoms with van der Waals surface area (Å²) in [5, 5.41) is 4.74. The molecule has 3 heteroatoms. The van der Waals surface area contributed by atoms with Gasteiger partial charge < -0.3 is 5.32 Å². The first-order valence-electron chi connectivity index (χ1n) is 8.58. The lowest BCUT2D eigenvalue weighted by Gasteiger charge is -2.47. The Hall–Kier alpha value is 0.270. The van der Waals surface area contributed by atoms with Crippen molar-refractivity contribution in [1.29, 1.82) is 0 Å². The fourth-order valence-corrected chi connectivity index (χ4v) is 4.74. The van der Waals surface area contributed by atoms with Gasteiger partial charge in [-0.2, -0.15) is 11.8 Å². The molecule has 5 atom stereocenters. The van der Waals surface area contributed by atoms with E-state index in [1.165, 1.54) is 38.8 Å². The van der Waals surface area contributed by atoms with Crippen molar-refractivity contribution in [3.8, 4) is 0 Å². The van der Waals surface area contributed by atoms with Crippen LogP contribution in [0, 0.1) is 11.8 Å². The van der Waals surface area contributed by atoms with E-state index >= 15 is 0 Å². The van der Waals surface area contributed by atoms with Crippen molar-refractivity contribution in [1.82, 2.24) is 10.2 Å². The summed E-state index contributed by atoms with van der Waals surface area (Å²) in [7, 11) is 0. The van der Waals surface area contributed by atoms with Gasteiger partial charge in [-0.3, -0.25) is 4.90 Å². The first kappa shape index (κ1) is 16.6. The van der Waals surface area contributed by atoms with Crippen LogP contribution in [0.5, 0.6) is 0 Å². The van der Waals surface area contributed by atoms with E-state index < -0.39 is 0 Å². The highest BCUT2D eigenvalue weighted by atomic mass is 32.2. The molecule has 1 aliphatic carbocycles. The van der Waals surface area contributed by atoms with Gasteiger partial charge in [-0.1, -0.05) is 34.1 Å².